The van der Waals surface area contributed by atoms with Gasteiger partial charge in [0, 0.05) is 13.5 Å². The number of hydrogen-bond donors (Lipinski definition) is 2. The van der Waals surface area contributed by atoms with E-state index in [4.69, 9.17) is 9.15 Å². The van der Waals surface area contributed by atoms with Crippen LogP contribution in [0.1, 0.15) is 56.6 Å². The van der Waals surface area contributed by atoms with E-state index in [1.165, 1.54) is 0 Å². The first-order chi connectivity index (χ1) is 10.1. The third-order valence-corrected chi connectivity index (χ3v) is 4.07. The summed E-state index contributed by atoms with van der Waals surface area (Å²) in [4.78, 5) is 12.2. The van der Waals surface area contributed by atoms with Gasteiger partial charge in [0.1, 0.15) is 17.6 Å². The maximum Gasteiger partial charge on any atom is 0.223 e. The molecule has 1 unspecified atom stereocenters. The first-order valence-corrected chi connectivity index (χ1v) is 7.65. The van der Waals surface area contributed by atoms with Gasteiger partial charge in [0.05, 0.1) is 18.6 Å². The molecule has 1 aromatic rings. The van der Waals surface area contributed by atoms with Crippen LogP contribution in [0.4, 0.5) is 0 Å². The van der Waals surface area contributed by atoms with Gasteiger partial charge in [0.25, 0.3) is 0 Å². The Labute approximate surface area is 125 Å². The number of hydrogen-bond acceptors (Lipinski definition) is 4. The fourth-order valence-electron chi connectivity index (χ4n) is 2.89. The van der Waals surface area contributed by atoms with Gasteiger partial charge in [-0.15, -0.1) is 0 Å². The topological polar surface area (TPSA) is 71.7 Å². The minimum atomic E-state index is -0.834. The van der Waals surface area contributed by atoms with Crippen molar-refractivity contribution in [2.24, 2.45) is 0 Å². The van der Waals surface area contributed by atoms with Crippen molar-refractivity contribution >= 4 is 5.91 Å². The van der Waals surface area contributed by atoms with E-state index in [1.807, 2.05) is 19.1 Å². The summed E-state index contributed by atoms with van der Waals surface area (Å²) in [6.07, 6.45) is 4.35. The monoisotopic (exact) mass is 295 g/mol. The molecule has 1 atom stereocenters. The summed E-state index contributed by atoms with van der Waals surface area (Å²) in [6, 6.07) is 3.47. The second-order valence-electron chi connectivity index (χ2n) is 5.84. The van der Waals surface area contributed by atoms with E-state index in [0.717, 1.165) is 25.0 Å². The first-order valence-electron chi connectivity index (χ1n) is 7.65. The molecule has 1 aliphatic rings. The molecule has 2 rings (SSSR count). The van der Waals surface area contributed by atoms with E-state index in [9.17, 15) is 9.90 Å². The van der Waals surface area contributed by atoms with Crippen molar-refractivity contribution in [2.45, 2.75) is 57.1 Å². The summed E-state index contributed by atoms with van der Waals surface area (Å²) in [6.45, 7) is 2.36. The molecule has 1 amide bonds. The van der Waals surface area contributed by atoms with E-state index in [2.05, 4.69) is 5.32 Å². The van der Waals surface area contributed by atoms with Gasteiger partial charge >= 0.3 is 0 Å². The molecule has 1 aliphatic carbocycles. The van der Waals surface area contributed by atoms with Gasteiger partial charge in [-0.05, 0) is 25.0 Å². The summed E-state index contributed by atoms with van der Waals surface area (Å²) >= 11 is 0. The molecule has 1 heterocycles. The van der Waals surface area contributed by atoms with Gasteiger partial charge in [-0.2, -0.15) is 0 Å². The van der Waals surface area contributed by atoms with Crippen LogP contribution in [0.5, 0.6) is 0 Å². The third kappa shape index (κ3) is 4.32. The molecule has 2 N–H and O–H groups in total. The highest BCUT2D eigenvalue weighted by Crippen LogP contribution is 2.32. The molecule has 5 nitrogen and oxygen atoms in total. The molecule has 0 aromatic carbocycles. The van der Waals surface area contributed by atoms with E-state index in [1.54, 1.807) is 7.11 Å². The first kappa shape index (κ1) is 16.0. The standard InChI is InChI=1S/C16H25NO4/c1-3-12-6-7-14(21-12)13(11-20-2)17-15(18)10-16(19)8-4-5-9-16/h6-7,13,19H,3-5,8-11H2,1-2H3,(H,17,18). The highest BCUT2D eigenvalue weighted by atomic mass is 16.5. The minimum absolute atomic E-state index is 0.147. The molecule has 118 valence electrons. The lowest BCUT2D eigenvalue weighted by atomic mass is 9.97. The lowest BCUT2D eigenvalue weighted by molar-refractivity contribution is -0.127. The lowest BCUT2D eigenvalue weighted by Gasteiger charge is -2.23. The number of aryl methyl sites for hydroxylation is 1. The molecule has 0 radical (unpaired) electrons. The van der Waals surface area contributed by atoms with Gasteiger partial charge in [-0.25, -0.2) is 0 Å². The van der Waals surface area contributed by atoms with Crippen LogP contribution < -0.4 is 5.32 Å². The molecular formula is C16H25NO4. The molecule has 1 fully saturated rings. The predicted molar refractivity (Wildman–Crippen MR) is 78.9 cm³/mol. The van der Waals surface area contributed by atoms with Crippen molar-refractivity contribution in [2.75, 3.05) is 13.7 Å². The fourth-order valence-corrected chi connectivity index (χ4v) is 2.89. The maximum absolute atomic E-state index is 12.2. The molecule has 0 saturated heterocycles. The molecular weight excluding hydrogens is 270 g/mol. The third-order valence-electron chi connectivity index (χ3n) is 4.07. The van der Waals surface area contributed by atoms with E-state index < -0.39 is 5.60 Å². The molecule has 0 bridgehead atoms. The predicted octanol–water partition coefficient (Wildman–Crippen LogP) is 2.34. The number of carbonyl (C=O) groups excluding carboxylic acids is 1. The molecule has 0 aliphatic heterocycles. The Morgan fingerprint density at radius 3 is 2.76 bits per heavy atom. The van der Waals surface area contributed by atoms with E-state index in [-0.39, 0.29) is 18.4 Å². The molecule has 5 heteroatoms. The molecule has 1 aromatic heterocycles. The summed E-state index contributed by atoms with van der Waals surface area (Å²) in [5, 5.41) is 13.2. The summed E-state index contributed by atoms with van der Waals surface area (Å²) in [7, 11) is 1.59. The van der Waals surface area contributed by atoms with Gasteiger partial charge < -0.3 is 19.6 Å². The summed E-state index contributed by atoms with van der Waals surface area (Å²) < 4.78 is 10.8. The number of amides is 1. The van der Waals surface area contributed by atoms with Crippen LogP contribution in [-0.2, 0) is 16.0 Å². The Morgan fingerprint density at radius 2 is 2.19 bits per heavy atom. The van der Waals surface area contributed by atoms with Crippen molar-refractivity contribution in [1.82, 2.24) is 5.32 Å². The van der Waals surface area contributed by atoms with Gasteiger partial charge in [-0.3, -0.25) is 4.79 Å². The zero-order valence-electron chi connectivity index (χ0n) is 12.9. The van der Waals surface area contributed by atoms with Crippen LogP contribution in [0, 0.1) is 0 Å². The fraction of sp³-hybridized carbons (Fsp3) is 0.688. The Bertz CT molecular complexity index is 463. The number of methoxy groups -OCH3 is 1. The van der Waals surface area contributed by atoms with Crippen molar-refractivity contribution < 1.29 is 19.1 Å². The number of carbonyl (C=O) groups is 1. The normalized spacial score (nSPS) is 18.6. The SMILES string of the molecule is CCc1ccc(C(COC)NC(=O)CC2(O)CCCC2)o1. The number of ether oxygens (including phenoxy) is 1. The average molecular weight is 295 g/mol. The largest absolute Gasteiger partial charge is 0.464 e. The van der Waals surface area contributed by atoms with Crippen molar-refractivity contribution in [1.29, 1.82) is 0 Å². The number of nitrogens with one attached hydrogen (secondary N) is 1. The van der Waals surface area contributed by atoms with Gasteiger partial charge in [-0.1, -0.05) is 19.8 Å². The second kappa shape index (κ2) is 7.09. The Morgan fingerprint density at radius 1 is 1.48 bits per heavy atom. The smallest absolute Gasteiger partial charge is 0.223 e. The quantitative estimate of drug-likeness (QED) is 0.810. The molecule has 0 spiro atoms. The zero-order valence-corrected chi connectivity index (χ0v) is 12.9. The summed E-state index contributed by atoms with van der Waals surface area (Å²) in [5.74, 6) is 1.42. The average Bonchev–Trinajstić information content (AvgIpc) is 3.07. The number of furan rings is 1. The van der Waals surface area contributed by atoms with Crippen LogP contribution >= 0.6 is 0 Å². The highest BCUT2D eigenvalue weighted by molar-refractivity contribution is 5.77. The molecule has 21 heavy (non-hydrogen) atoms. The zero-order chi connectivity index (χ0) is 15.3. The maximum atomic E-state index is 12.2. The Hall–Kier alpha value is -1.33. The highest BCUT2D eigenvalue weighted by Gasteiger charge is 2.34. The van der Waals surface area contributed by atoms with E-state index >= 15 is 0 Å². The summed E-state index contributed by atoms with van der Waals surface area (Å²) in [5.41, 5.74) is -0.834. The second-order valence-corrected chi connectivity index (χ2v) is 5.84. The van der Waals surface area contributed by atoms with Crippen molar-refractivity contribution in [3.63, 3.8) is 0 Å². The lowest BCUT2D eigenvalue weighted by Crippen LogP contribution is -2.37. The van der Waals surface area contributed by atoms with Crippen LogP contribution in [0.3, 0.4) is 0 Å². The van der Waals surface area contributed by atoms with Gasteiger partial charge in [0.15, 0.2) is 0 Å². The van der Waals surface area contributed by atoms with Gasteiger partial charge in [0.2, 0.25) is 5.91 Å². The van der Waals surface area contributed by atoms with Crippen LogP contribution in [0.25, 0.3) is 0 Å². The Kier molecular flexibility index (Phi) is 5.42. The number of rotatable bonds is 7. The van der Waals surface area contributed by atoms with Crippen LogP contribution in [0.2, 0.25) is 0 Å². The van der Waals surface area contributed by atoms with Crippen LogP contribution in [-0.4, -0.2) is 30.3 Å². The van der Waals surface area contributed by atoms with Crippen molar-refractivity contribution in [3.05, 3.63) is 23.7 Å². The number of aliphatic hydroxyl groups is 1. The van der Waals surface area contributed by atoms with Crippen molar-refractivity contribution in [3.8, 4) is 0 Å². The van der Waals surface area contributed by atoms with E-state index in [0.29, 0.717) is 25.2 Å². The Balaban J connectivity index is 1.96. The van der Waals surface area contributed by atoms with Crippen LogP contribution in [0.15, 0.2) is 16.5 Å². The molecule has 1 saturated carbocycles. The minimum Gasteiger partial charge on any atom is -0.464 e.